The fraction of sp³-hybridized carbons (Fsp3) is 0.0465. The Kier molecular flexibility index (Phi) is 8.38. The van der Waals surface area contributed by atoms with Gasteiger partial charge in [0.05, 0.1) is 11.4 Å². The molecule has 220 valence electrons. The SMILES string of the molecule is C=C/C(=C\C=C\c1cccnc1)c1cc(-c2cccc(-c3ccc4ccccc4c3)c2)nc(-c2cccc(C3=CCCC=C3)c2)n1. The van der Waals surface area contributed by atoms with Gasteiger partial charge in [0.1, 0.15) is 0 Å². The zero-order valence-electron chi connectivity index (χ0n) is 25.6. The van der Waals surface area contributed by atoms with E-state index in [1.165, 1.54) is 27.5 Å². The molecule has 7 rings (SSSR count). The minimum absolute atomic E-state index is 0.676. The van der Waals surface area contributed by atoms with Gasteiger partial charge in [-0.3, -0.25) is 4.98 Å². The molecule has 2 heterocycles. The maximum atomic E-state index is 5.15. The molecule has 0 spiro atoms. The first-order valence-electron chi connectivity index (χ1n) is 15.6. The van der Waals surface area contributed by atoms with E-state index in [0.29, 0.717) is 5.82 Å². The minimum atomic E-state index is 0.676. The van der Waals surface area contributed by atoms with Crippen LogP contribution in [0.5, 0.6) is 0 Å². The van der Waals surface area contributed by atoms with E-state index in [0.717, 1.165) is 52.1 Å². The smallest absolute Gasteiger partial charge is 0.160 e. The second kappa shape index (κ2) is 13.4. The molecule has 3 heteroatoms. The average molecular weight is 592 g/mol. The van der Waals surface area contributed by atoms with Crippen molar-refractivity contribution in [1.82, 2.24) is 15.0 Å². The third-order valence-corrected chi connectivity index (χ3v) is 8.18. The molecule has 6 aromatic rings. The lowest BCUT2D eigenvalue weighted by atomic mass is 9.97. The van der Waals surface area contributed by atoms with Crippen molar-refractivity contribution in [2.45, 2.75) is 12.8 Å². The van der Waals surface area contributed by atoms with Crippen molar-refractivity contribution in [2.75, 3.05) is 0 Å². The molecule has 0 atom stereocenters. The Balaban J connectivity index is 1.33. The van der Waals surface area contributed by atoms with Crippen molar-refractivity contribution >= 4 is 28.0 Å². The number of nitrogens with zero attached hydrogens (tertiary/aromatic N) is 3. The fourth-order valence-corrected chi connectivity index (χ4v) is 5.76. The summed E-state index contributed by atoms with van der Waals surface area (Å²) in [7, 11) is 0. The minimum Gasteiger partial charge on any atom is -0.264 e. The Bertz CT molecular complexity index is 2170. The van der Waals surface area contributed by atoms with E-state index in [1.807, 2.05) is 42.6 Å². The van der Waals surface area contributed by atoms with Gasteiger partial charge in [-0.1, -0.05) is 128 Å². The topological polar surface area (TPSA) is 38.7 Å². The predicted molar refractivity (Wildman–Crippen MR) is 194 cm³/mol. The summed E-state index contributed by atoms with van der Waals surface area (Å²) in [6.45, 7) is 4.13. The molecular weight excluding hydrogens is 558 g/mol. The summed E-state index contributed by atoms with van der Waals surface area (Å²) in [5.74, 6) is 0.676. The van der Waals surface area contributed by atoms with Gasteiger partial charge in [0, 0.05) is 23.5 Å². The monoisotopic (exact) mass is 591 g/mol. The van der Waals surface area contributed by atoms with Crippen LogP contribution in [0, 0.1) is 0 Å². The number of benzene rings is 4. The van der Waals surface area contributed by atoms with Gasteiger partial charge < -0.3 is 0 Å². The maximum absolute atomic E-state index is 5.15. The third-order valence-electron chi connectivity index (χ3n) is 8.18. The van der Waals surface area contributed by atoms with E-state index in [2.05, 4.69) is 127 Å². The number of hydrogen-bond donors (Lipinski definition) is 0. The maximum Gasteiger partial charge on any atom is 0.160 e. The van der Waals surface area contributed by atoms with Gasteiger partial charge in [0.15, 0.2) is 5.82 Å². The number of aromatic nitrogens is 3. The molecule has 0 amide bonds. The number of allylic oxidation sites excluding steroid dienone is 8. The van der Waals surface area contributed by atoms with Gasteiger partial charge in [-0.05, 0) is 87.3 Å². The highest BCUT2D eigenvalue weighted by molar-refractivity contribution is 5.88. The van der Waals surface area contributed by atoms with Crippen molar-refractivity contribution in [3.8, 4) is 33.8 Å². The highest BCUT2D eigenvalue weighted by atomic mass is 14.9. The molecule has 0 unspecified atom stereocenters. The molecule has 0 fully saturated rings. The van der Waals surface area contributed by atoms with Crippen LogP contribution in [0.25, 0.3) is 61.8 Å². The van der Waals surface area contributed by atoms with Crippen molar-refractivity contribution in [3.05, 3.63) is 181 Å². The Hall–Kier alpha value is -5.93. The number of rotatable bonds is 8. The van der Waals surface area contributed by atoms with Crippen LogP contribution in [0.2, 0.25) is 0 Å². The van der Waals surface area contributed by atoms with Crippen LogP contribution in [0.3, 0.4) is 0 Å². The van der Waals surface area contributed by atoms with Crippen molar-refractivity contribution in [3.63, 3.8) is 0 Å². The highest BCUT2D eigenvalue weighted by Crippen LogP contribution is 2.32. The summed E-state index contributed by atoms with van der Waals surface area (Å²) in [5.41, 5.74) is 10.3. The molecule has 1 aliphatic carbocycles. The van der Waals surface area contributed by atoms with Crippen molar-refractivity contribution < 1.29 is 0 Å². The summed E-state index contributed by atoms with van der Waals surface area (Å²) in [6, 6.07) is 38.2. The molecule has 0 saturated carbocycles. The summed E-state index contributed by atoms with van der Waals surface area (Å²) < 4.78 is 0. The quantitative estimate of drug-likeness (QED) is 0.165. The number of pyridine rings is 1. The van der Waals surface area contributed by atoms with Crippen LogP contribution >= 0.6 is 0 Å². The molecule has 2 aromatic heterocycles. The van der Waals surface area contributed by atoms with Crippen LogP contribution in [0.1, 0.15) is 29.7 Å². The molecule has 0 saturated heterocycles. The number of fused-ring (bicyclic) bond motifs is 1. The molecule has 0 bridgehead atoms. The third kappa shape index (κ3) is 6.45. The van der Waals surface area contributed by atoms with E-state index < -0.39 is 0 Å². The van der Waals surface area contributed by atoms with E-state index in [4.69, 9.17) is 9.97 Å². The molecule has 1 aliphatic rings. The fourth-order valence-electron chi connectivity index (χ4n) is 5.76. The second-order valence-corrected chi connectivity index (χ2v) is 11.3. The van der Waals surface area contributed by atoms with E-state index in [-0.39, 0.29) is 0 Å². The Morgan fingerprint density at radius 1 is 0.674 bits per heavy atom. The largest absolute Gasteiger partial charge is 0.264 e. The molecular formula is C43H33N3. The lowest BCUT2D eigenvalue weighted by Crippen LogP contribution is -1.98. The van der Waals surface area contributed by atoms with Gasteiger partial charge in [-0.15, -0.1) is 0 Å². The molecule has 0 radical (unpaired) electrons. The first-order valence-corrected chi connectivity index (χ1v) is 15.6. The van der Waals surface area contributed by atoms with E-state index in [9.17, 15) is 0 Å². The standard InChI is InChI=1S/C43H33N3/c1-2-32(18-8-12-31-13-11-25-44-30-31)41-29-42(46-43(45-41)40-22-10-19-36(28-40)33-14-4-3-5-15-33)39-21-9-20-37(27-39)38-24-23-34-16-6-7-17-35(34)26-38/h2,4,6-30H,1,3,5H2/b12-8+,32-18+. The summed E-state index contributed by atoms with van der Waals surface area (Å²) in [6.07, 6.45) is 20.4. The summed E-state index contributed by atoms with van der Waals surface area (Å²) >= 11 is 0. The molecule has 4 aromatic carbocycles. The first kappa shape index (κ1) is 28.8. The highest BCUT2D eigenvalue weighted by Gasteiger charge is 2.13. The first-order chi connectivity index (χ1) is 22.7. The molecule has 0 N–H and O–H groups in total. The lowest BCUT2D eigenvalue weighted by molar-refractivity contribution is 1.04. The Labute approximate surface area is 270 Å². The lowest BCUT2D eigenvalue weighted by Gasteiger charge is -2.12. The zero-order chi connectivity index (χ0) is 31.1. The van der Waals surface area contributed by atoms with Gasteiger partial charge in [-0.2, -0.15) is 0 Å². The van der Waals surface area contributed by atoms with Gasteiger partial charge >= 0.3 is 0 Å². The van der Waals surface area contributed by atoms with Crippen LogP contribution in [0.4, 0.5) is 0 Å². The Morgan fingerprint density at radius 2 is 1.48 bits per heavy atom. The Morgan fingerprint density at radius 3 is 2.30 bits per heavy atom. The van der Waals surface area contributed by atoms with Crippen molar-refractivity contribution in [2.24, 2.45) is 0 Å². The van der Waals surface area contributed by atoms with E-state index >= 15 is 0 Å². The second-order valence-electron chi connectivity index (χ2n) is 11.3. The normalized spacial score (nSPS) is 13.2. The summed E-state index contributed by atoms with van der Waals surface area (Å²) in [4.78, 5) is 14.5. The van der Waals surface area contributed by atoms with Gasteiger partial charge in [0.2, 0.25) is 0 Å². The van der Waals surface area contributed by atoms with E-state index in [1.54, 1.807) is 6.20 Å². The average Bonchev–Trinajstić information content (AvgIpc) is 3.14. The van der Waals surface area contributed by atoms with Crippen LogP contribution in [-0.2, 0) is 0 Å². The van der Waals surface area contributed by atoms with Gasteiger partial charge in [-0.25, -0.2) is 9.97 Å². The number of hydrogen-bond acceptors (Lipinski definition) is 3. The van der Waals surface area contributed by atoms with Crippen molar-refractivity contribution in [1.29, 1.82) is 0 Å². The molecule has 0 aliphatic heterocycles. The zero-order valence-corrected chi connectivity index (χ0v) is 25.6. The molecule has 3 nitrogen and oxygen atoms in total. The van der Waals surface area contributed by atoms with Crippen LogP contribution < -0.4 is 0 Å². The predicted octanol–water partition coefficient (Wildman–Crippen LogP) is 11.0. The van der Waals surface area contributed by atoms with Gasteiger partial charge in [0.25, 0.3) is 0 Å². The van der Waals surface area contributed by atoms with Crippen LogP contribution in [-0.4, -0.2) is 15.0 Å². The molecule has 46 heavy (non-hydrogen) atoms. The summed E-state index contributed by atoms with van der Waals surface area (Å²) in [5, 5.41) is 2.45. The van der Waals surface area contributed by atoms with Crippen LogP contribution in [0.15, 0.2) is 165 Å².